The van der Waals surface area contributed by atoms with Crippen LogP contribution >= 0.6 is 0 Å². The van der Waals surface area contributed by atoms with Crippen molar-refractivity contribution in [2.45, 2.75) is 76.9 Å². The second kappa shape index (κ2) is 5.91. The standard InChI is InChI=1S/C16H32N4/c1-16(2,3)18-12-9-14-15(13-18)19-10-7-5-4-6-8-11-20(19)17-14/h14-15,17H,4-13H2,1-3H3. The molecule has 3 aliphatic heterocycles. The van der Waals surface area contributed by atoms with Gasteiger partial charge in [-0.05, 0) is 40.0 Å². The molecule has 0 saturated carbocycles. The highest BCUT2D eigenvalue weighted by Crippen LogP contribution is 2.29. The Hall–Kier alpha value is -0.160. The third-order valence-electron chi connectivity index (χ3n) is 5.30. The van der Waals surface area contributed by atoms with Crippen LogP contribution in [0.3, 0.4) is 0 Å². The number of likely N-dealkylation sites (tertiary alicyclic amines) is 1. The highest BCUT2D eigenvalue weighted by atomic mass is 15.8. The van der Waals surface area contributed by atoms with Gasteiger partial charge in [0.2, 0.25) is 0 Å². The van der Waals surface area contributed by atoms with E-state index >= 15 is 0 Å². The maximum atomic E-state index is 3.79. The van der Waals surface area contributed by atoms with Crippen molar-refractivity contribution in [3.05, 3.63) is 0 Å². The van der Waals surface area contributed by atoms with Gasteiger partial charge in [0.25, 0.3) is 0 Å². The van der Waals surface area contributed by atoms with Gasteiger partial charge in [0.15, 0.2) is 0 Å². The number of rotatable bonds is 0. The summed E-state index contributed by atoms with van der Waals surface area (Å²) in [7, 11) is 0. The van der Waals surface area contributed by atoms with E-state index in [2.05, 4.69) is 41.2 Å². The topological polar surface area (TPSA) is 21.8 Å². The van der Waals surface area contributed by atoms with Gasteiger partial charge in [-0.1, -0.05) is 19.3 Å². The van der Waals surface area contributed by atoms with Crippen LogP contribution in [-0.2, 0) is 0 Å². The average Bonchev–Trinajstić information content (AvgIpc) is 2.77. The van der Waals surface area contributed by atoms with Crippen molar-refractivity contribution in [2.75, 3.05) is 26.2 Å². The molecule has 3 aliphatic rings. The second-order valence-corrected chi connectivity index (χ2v) is 7.76. The molecule has 0 spiro atoms. The zero-order valence-corrected chi connectivity index (χ0v) is 13.6. The molecule has 0 aromatic rings. The Morgan fingerprint density at radius 1 is 0.900 bits per heavy atom. The zero-order chi connectivity index (χ0) is 14.2. The van der Waals surface area contributed by atoms with Crippen molar-refractivity contribution >= 4 is 0 Å². The van der Waals surface area contributed by atoms with Gasteiger partial charge in [0.1, 0.15) is 0 Å². The Balaban J connectivity index is 1.70. The summed E-state index contributed by atoms with van der Waals surface area (Å²) in [4.78, 5) is 2.67. The third-order valence-corrected chi connectivity index (χ3v) is 5.30. The summed E-state index contributed by atoms with van der Waals surface area (Å²) >= 11 is 0. The molecule has 0 radical (unpaired) electrons. The minimum Gasteiger partial charge on any atom is -0.297 e. The van der Waals surface area contributed by atoms with Crippen molar-refractivity contribution < 1.29 is 0 Å². The SMILES string of the molecule is CC(C)(C)N1CCC2NN3CCCCCCCN3C2C1. The molecule has 1 N–H and O–H groups in total. The van der Waals surface area contributed by atoms with Gasteiger partial charge in [-0.15, -0.1) is 0 Å². The molecule has 3 rings (SSSR count). The maximum absolute atomic E-state index is 3.79. The van der Waals surface area contributed by atoms with Crippen LogP contribution in [0.15, 0.2) is 0 Å². The number of hydrogen-bond acceptors (Lipinski definition) is 4. The van der Waals surface area contributed by atoms with Gasteiger partial charge in [0.05, 0.1) is 6.04 Å². The fourth-order valence-corrected chi connectivity index (χ4v) is 3.98. The molecule has 3 heterocycles. The normalized spacial score (nSPS) is 35.0. The summed E-state index contributed by atoms with van der Waals surface area (Å²) < 4.78 is 0. The number of nitrogens with one attached hydrogen (secondary N) is 1. The first-order chi connectivity index (χ1) is 9.55. The molecule has 20 heavy (non-hydrogen) atoms. The van der Waals surface area contributed by atoms with Gasteiger partial charge < -0.3 is 0 Å². The largest absolute Gasteiger partial charge is 0.297 e. The maximum Gasteiger partial charge on any atom is 0.0554 e. The lowest BCUT2D eigenvalue weighted by Crippen LogP contribution is -2.57. The number of hydrazine groups is 2. The van der Waals surface area contributed by atoms with Crippen molar-refractivity contribution in [2.24, 2.45) is 0 Å². The fourth-order valence-electron chi connectivity index (χ4n) is 3.98. The van der Waals surface area contributed by atoms with Crippen LogP contribution in [0, 0.1) is 0 Å². The van der Waals surface area contributed by atoms with Crippen LogP contribution in [0.1, 0.15) is 59.3 Å². The van der Waals surface area contributed by atoms with E-state index in [9.17, 15) is 0 Å². The minimum atomic E-state index is 0.304. The van der Waals surface area contributed by atoms with E-state index in [0.29, 0.717) is 17.6 Å². The summed E-state index contributed by atoms with van der Waals surface area (Å²) in [6.07, 6.45) is 8.21. The molecule has 116 valence electrons. The molecule has 0 aliphatic carbocycles. The lowest BCUT2D eigenvalue weighted by Gasteiger charge is -2.44. The Labute approximate surface area is 124 Å². The third kappa shape index (κ3) is 3.03. The van der Waals surface area contributed by atoms with E-state index in [1.165, 1.54) is 64.7 Å². The van der Waals surface area contributed by atoms with Crippen molar-refractivity contribution in [3.8, 4) is 0 Å². The highest BCUT2D eigenvalue weighted by Gasteiger charge is 2.44. The molecule has 4 nitrogen and oxygen atoms in total. The molecule has 4 heteroatoms. The predicted molar refractivity (Wildman–Crippen MR) is 83.2 cm³/mol. The molecule has 0 bridgehead atoms. The predicted octanol–water partition coefficient (Wildman–Crippen LogP) is 2.23. The molecule has 3 fully saturated rings. The number of hydrogen-bond donors (Lipinski definition) is 1. The molecule has 0 aromatic carbocycles. The van der Waals surface area contributed by atoms with E-state index in [0.717, 1.165) is 0 Å². The van der Waals surface area contributed by atoms with Crippen LogP contribution < -0.4 is 5.43 Å². The van der Waals surface area contributed by atoms with Crippen molar-refractivity contribution in [3.63, 3.8) is 0 Å². The van der Waals surface area contributed by atoms with E-state index in [4.69, 9.17) is 0 Å². The zero-order valence-electron chi connectivity index (χ0n) is 13.6. The number of piperidine rings is 1. The van der Waals surface area contributed by atoms with E-state index < -0.39 is 0 Å². The number of nitrogens with zero attached hydrogens (tertiary/aromatic N) is 3. The molecule has 0 amide bonds. The highest BCUT2D eigenvalue weighted by molar-refractivity contribution is 4.97. The molecule has 0 aromatic heterocycles. The van der Waals surface area contributed by atoms with E-state index in [1.807, 2.05) is 0 Å². The Morgan fingerprint density at radius 2 is 1.60 bits per heavy atom. The Kier molecular flexibility index (Phi) is 4.37. The lowest BCUT2D eigenvalue weighted by molar-refractivity contribution is -0.0466. The van der Waals surface area contributed by atoms with Crippen LogP contribution in [0.2, 0.25) is 0 Å². The summed E-state index contributed by atoms with van der Waals surface area (Å²) in [6.45, 7) is 12.0. The molecular formula is C16H32N4. The Morgan fingerprint density at radius 3 is 2.35 bits per heavy atom. The number of fused-ring (bicyclic) bond motifs is 3. The van der Waals surface area contributed by atoms with Crippen LogP contribution in [0.4, 0.5) is 0 Å². The monoisotopic (exact) mass is 280 g/mol. The quantitative estimate of drug-likeness (QED) is 0.734. The van der Waals surface area contributed by atoms with Crippen molar-refractivity contribution in [1.29, 1.82) is 0 Å². The van der Waals surface area contributed by atoms with Crippen LogP contribution in [0.25, 0.3) is 0 Å². The van der Waals surface area contributed by atoms with E-state index in [-0.39, 0.29) is 0 Å². The minimum absolute atomic E-state index is 0.304. The smallest absolute Gasteiger partial charge is 0.0554 e. The second-order valence-electron chi connectivity index (χ2n) is 7.76. The van der Waals surface area contributed by atoms with Gasteiger partial charge in [-0.2, -0.15) is 5.12 Å². The van der Waals surface area contributed by atoms with Gasteiger partial charge in [-0.25, -0.2) is 10.4 Å². The first-order valence-electron chi connectivity index (χ1n) is 8.61. The van der Waals surface area contributed by atoms with Gasteiger partial charge >= 0.3 is 0 Å². The van der Waals surface area contributed by atoms with Crippen LogP contribution in [0.5, 0.6) is 0 Å². The summed E-state index contributed by atoms with van der Waals surface area (Å²) in [5, 5.41) is 5.13. The van der Waals surface area contributed by atoms with Gasteiger partial charge in [-0.3, -0.25) is 4.90 Å². The average molecular weight is 280 g/mol. The van der Waals surface area contributed by atoms with Gasteiger partial charge in [0, 0.05) is 37.8 Å². The first kappa shape index (κ1) is 14.8. The Bertz CT molecular complexity index is 325. The summed E-state index contributed by atoms with van der Waals surface area (Å²) in [5.74, 6) is 0. The first-order valence-corrected chi connectivity index (χ1v) is 8.61. The fraction of sp³-hybridized carbons (Fsp3) is 1.00. The lowest BCUT2D eigenvalue weighted by atomic mass is 9.94. The van der Waals surface area contributed by atoms with Crippen molar-refractivity contribution in [1.82, 2.24) is 20.5 Å². The molecule has 2 unspecified atom stereocenters. The summed E-state index contributed by atoms with van der Waals surface area (Å²) in [6, 6.07) is 1.36. The molecular weight excluding hydrogens is 248 g/mol. The van der Waals surface area contributed by atoms with Crippen LogP contribution in [-0.4, -0.2) is 58.8 Å². The summed E-state index contributed by atoms with van der Waals surface area (Å²) in [5.41, 5.74) is 4.10. The molecule has 3 saturated heterocycles. The van der Waals surface area contributed by atoms with E-state index in [1.54, 1.807) is 0 Å². The molecule has 2 atom stereocenters.